The van der Waals surface area contributed by atoms with E-state index >= 15 is 0 Å². The lowest BCUT2D eigenvalue weighted by Crippen LogP contribution is -2.43. The lowest BCUT2D eigenvalue weighted by Gasteiger charge is -2.33. The van der Waals surface area contributed by atoms with Gasteiger partial charge in [0.2, 0.25) is 0 Å². The number of anilines is 1. The Morgan fingerprint density at radius 1 is 0.667 bits per heavy atom. The molecule has 0 unspecified atom stereocenters. The van der Waals surface area contributed by atoms with Crippen molar-refractivity contribution < 1.29 is 0 Å². The fourth-order valence-corrected chi connectivity index (χ4v) is 11.3. The van der Waals surface area contributed by atoms with Crippen LogP contribution in [-0.4, -0.2) is 14.0 Å². The van der Waals surface area contributed by atoms with Gasteiger partial charge in [-0.25, -0.2) is 0 Å². The highest BCUT2D eigenvalue weighted by molar-refractivity contribution is 7.75. The predicted molar refractivity (Wildman–Crippen MR) is 140 cm³/mol. The standard InChI is InChI=1S/C27H36NPSi/c1-21(2)25-18-13-19-26(22(3)4)27(25)28-30(5,6)20-29(23-14-9-7-10-15-23)24-16-11-8-12-17-24/h7-19,21-22,28H,20H2,1-6H3. The number of hydrogen-bond acceptors (Lipinski definition) is 1. The van der Waals surface area contributed by atoms with Crippen LogP contribution in [0.4, 0.5) is 5.69 Å². The molecule has 0 saturated carbocycles. The van der Waals surface area contributed by atoms with Gasteiger partial charge >= 0.3 is 0 Å². The van der Waals surface area contributed by atoms with Crippen LogP contribution in [0, 0.1) is 0 Å². The number of para-hydroxylation sites is 1. The molecule has 0 radical (unpaired) electrons. The maximum absolute atomic E-state index is 4.14. The first-order chi connectivity index (χ1) is 14.3. The largest absolute Gasteiger partial charge is 0.410 e. The Bertz CT molecular complexity index is 870. The molecule has 3 aromatic rings. The Balaban J connectivity index is 1.97. The van der Waals surface area contributed by atoms with Crippen molar-refractivity contribution >= 4 is 32.5 Å². The van der Waals surface area contributed by atoms with Gasteiger partial charge in [-0.3, -0.25) is 0 Å². The summed E-state index contributed by atoms with van der Waals surface area (Å²) in [4.78, 5) is 4.14. The Morgan fingerprint density at radius 3 is 1.50 bits per heavy atom. The van der Waals surface area contributed by atoms with E-state index in [4.69, 9.17) is 0 Å². The van der Waals surface area contributed by atoms with Gasteiger partial charge in [0.05, 0.1) is 0 Å². The van der Waals surface area contributed by atoms with Gasteiger partial charge in [-0.05, 0) is 47.3 Å². The second kappa shape index (κ2) is 9.94. The van der Waals surface area contributed by atoms with Crippen LogP contribution in [0.5, 0.6) is 0 Å². The van der Waals surface area contributed by atoms with Crippen molar-refractivity contribution in [3.63, 3.8) is 0 Å². The molecule has 0 bridgehead atoms. The van der Waals surface area contributed by atoms with Gasteiger partial charge in [0, 0.05) is 5.69 Å². The van der Waals surface area contributed by atoms with Crippen LogP contribution in [0.15, 0.2) is 78.9 Å². The molecular weight excluding hydrogens is 397 g/mol. The monoisotopic (exact) mass is 433 g/mol. The lowest BCUT2D eigenvalue weighted by molar-refractivity contribution is 0.839. The molecule has 0 fully saturated rings. The topological polar surface area (TPSA) is 12.0 Å². The molecule has 0 atom stereocenters. The third kappa shape index (κ3) is 5.62. The predicted octanol–water partition coefficient (Wildman–Crippen LogP) is 7.22. The molecule has 0 aliphatic heterocycles. The Labute approximate surface area is 185 Å². The van der Waals surface area contributed by atoms with E-state index in [1.54, 1.807) is 0 Å². The highest BCUT2D eigenvalue weighted by atomic mass is 31.1. The van der Waals surface area contributed by atoms with E-state index in [9.17, 15) is 0 Å². The zero-order valence-electron chi connectivity index (χ0n) is 19.3. The van der Waals surface area contributed by atoms with Gasteiger partial charge < -0.3 is 4.98 Å². The first kappa shape index (κ1) is 22.8. The number of benzene rings is 3. The summed E-state index contributed by atoms with van der Waals surface area (Å²) in [5, 5.41) is 2.95. The Kier molecular flexibility index (Phi) is 7.55. The van der Waals surface area contributed by atoms with Crippen molar-refractivity contribution in [1.82, 2.24) is 0 Å². The van der Waals surface area contributed by atoms with Crippen molar-refractivity contribution in [2.75, 3.05) is 10.8 Å². The molecule has 0 amide bonds. The summed E-state index contributed by atoms with van der Waals surface area (Å²) >= 11 is 0. The van der Waals surface area contributed by atoms with Crippen LogP contribution in [0.2, 0.25) is 13.1 Å². The van der Waals surface area contributed by atoms with Crippen molar-refractivity contribution in [1.29, 1.82) is 0 Å². The van der Waals surface area contributed by atoms with Crippen molar-refractivity contribution in [2.24, 2.45) is 0 Å². The van der Waals surface area contributed by atoms with Gasteiger partial charge in [-0.1, -0.05) is 120 Å². The van der Waals surface area contributed by atoms with Gasteiger partial charge in [-0.15, -0.1) is 0 Å². The molecule has 0 aromatic heterocycles. The SMILES string of the molecule is CC(C)c1cccc(C(C)C)c1N[Si](C)(C)CP(c1ccccc1)c1ccccc1. The van der Waals surface area contributed by atoms with E-state index in [2.05, 4.69) is 125 Å². The summed E-state index contributed by atoms with van der Waals surface area (Å²) in [5.41, 5.74) is 4.30. The second-order valence-corrected chi connectivity index (χ2v) is 16.6. The van der Waals surface area contributed by atoms with Gasteiger partial charge in [0.1, 0.15) is 0 Å². The molecule has 0 aliphatic rings. The molecule has 0 saturated heterocycles. The van der Waals surface area contributed by atoms with Crippen LogP contribution >= 0.6 is 7.92 Å². The summed E-state index contributed by atoms with van der Waals surface area (Å²) in [6, 6.07) is 29.0. The first-order valence-electron chi connectivity index (χ1n) is 11.1. The smallest absolute Gasteiger partial charge is 0.152 e. The Hall–Kier alpha value is -1.89. The zero-order valence-corrected chi connectivity index (χ0v) is 21.2. The van der Waals surface area contributed by atoms with E-state index < -0.39 is 8.24 Å². The minimum Gasteiger partial charge on any atom is -0.410 e. The van der Waals surface area contributed by atoms with E-state index in [1.807, 2.05) is 0 Å². The minimum atomic E-state index is -1.75. The fraction of sp³-hybridized carbons (Fsp3) is 0.333. The number of hydrogen-bond donors (Lipinski definition) is 1. The summed E-state index contributed by atoms with van der Waals surface area (Å²) in [5.74, 6) is 2.25. The Morgan fingerprint density at radius 2 is 1.10 bits per heavy atom. The third-order valence-electron chi connectivity index (χ3n) is 5.53. The van der Waals surface area contributed by atoms with Crippen LogP contribution in [0.1, 0.15) is 50.7 Å². The second-order valence-electron chi connectivity index (χ2n) is 9.39. The molecule has 3 aromatic carbocycles. The molecule has 1 nitrogen and oxygen atoms in total. The summed E-state index contributed by atoms with van der Waals surface area (Å²) in [6.07, 6.45) is 0. The van der Waals surface area contributed by atoms with Crippen molar-refractivity contribution in [3.05, 3.63) is 90.0 Å². The van der Waals surface area contributed by atoms with Gasteiger partial charge in [0.25, 0.3) is 0 Å². The average molecular weight is 434 g/mol. The van der Waals surface area contributed by atoms with Crippen LogP contribution in [0.3, 0.4) is 0 Å². The molecule has 1 N–H and O–H groups in total. The fourth-order valence-electron chi connectivity index (χ4n) is 4.02. The normalized spacial score (nSPS) is 12.0. The number of nitrogens with one attached hydrogen (secondary N) is 1. The third-order valence-corrected chi connectivity index (χ3v) is 12.7. The van der Waals surface area contributed by atoms with Crippen LogP contribution in [0.25, 0.3) is 0 Å². The maximum Gasteiger partial charge on any atom is 0.152 e. The minimum absolute atomic E-state index is 0.386. The van der Waals surface area contributed by atoms with Crippen molar-refractivity contribution in [3.8, 4) is 0 Å². The molecule has 0 heterocycles. The lowest BCUT2D eigenvalue weighted by atomic mass is 9.93. The quantitative estimate of drug-likeness (QED) is 0.292. The molecule has 3 rings (SSSR count). The number of rotatable bonds is 8. The molecular formula is C27H36NPSi. The van der Waals surface area contributed by atoms with E-state index in [0.717, 1.165) is 0 Å². The molecule has 0 aliphatic carbocycles. The van der Waals surface area contributed by atoms with Gasteiger partial charge in [0.15, 0.2) is 8.24 Å². The summed E-state index contributed by atoms with van der Waals surface area (Å²) < 4.78 is 0. The first-order valence-corrected chi connectivity index (χ1v) is 15.8. The van der Waals surface area contributed by atoms with E-state index in [0.29, 0.717) is 11.8 Å². The van der Waals surface area contributed by atoms with Crippen LogP contribution < -0.4 is 15.6 Å². The highest BCUT2D eigenvalue weighted by Crippen LogP contribution is 2.39. The van der Waals surface area contributed by atoms with E-state index in [1.165, 1.54) is 33.2 Å². The molecule has 158 valence electrons. The summed E-state index contributed by atoms with van der Waals surface area (Å²) in [6.45, 7) is 14.2. The molecule has 0 spiro atoms. The zero-order chi connectivity index (χ0) is 21.7. The summed E-state index contributed by atoms with van der Waals surface area (Å²) in [7, 11) is -2.13. The van der Waals surface area contributed by atoms with Gasteiger partial charge in [-0.2, -0.15) is 0 Å². The molecule has 3 heteroatoms. The maximum atomic E-state index is 4.14. The van der Waals surface area contributed by atoms with Crippen molar-refractivity contribution in [2.45, 2.75) is 52.6 Å². The van der Waals surface area contributed by atoms with E-state index in [-0.39, 0.29) is 7.92 Å². The van der Waals surface area contributed by atoms with Crippen LogP contribution in [-0.2, 0) is 0 Å². The highest BCUT2D eigenvalue weighted by Gasteiger charge is 2.30. The average Bonchev–Trinajstić information content (AvgIpc) is 2.73. The molecule has 30 heavy (non-hydrogen) atoms.